The number of ether oxygens (including phenoxy) is 2. The maximum absolute atomic E-state index is 13.3. The molecule has 1 heterocycles. The van der Waals surface area contributed by atoms with Crippen molar-refractivity contribution in [1.82, 2.24) is 4.90 Å². The van der Waals surface area contributed by atoms with Crippen LogP contribution in [0, 0.1) is 11.6 Å². The number of hydrogen-bond acceptors (Lipinski definition) is 5. The van der Waals surface area contributed by atoms with Crippen LogP contribution in [-0.4, -0.2) is 54.2 Å². The monoisotopic (exact) mass is 419 g/mol. The van der Waals surface area contributed by atoms with Crippen molar-refractivity contribution in [3.63, 3.8) is 0 Å². The average Bonchev–Trinajstić information content (AvgIpc) is 2.76. The second-order valence-corrected chi connectivity index (χ2v) is 7.43. The lowest BCUT2D eigenvalue weighted by molar-refractivity contribution is 0.0398. The molecule has 0 spiro atoms. The number of rotatable bonds is 9. The van der Waals surface area contributed by atoms with E-state index in [9.17, 15) is 18.7 Å². The molecule has 162 valence electrons. The van der Waals surface area contributed by atoms with Gasteiger partial charge in [-0.05, 0) is 37.1 Å². The van der Waals surface area contributed by atoms with Crippen molar-refractivity contribution < 1.29 is 28.2 Å². The van der Waals surface area contributed by atoms with E-state index in [0.717, 1.165) is 38.1 Å². The Labute approximate surface area is 175 Å². The third-order valence-electron chi connectivity index (χ3n) is 5.14. The second-order valence-electron chi connectivity index (χ2n) is 7.43. The molecule has 1 fully saturated rings. The zero-order valence-electron chi connectivity index (χ0n) is 17.0. The van der Waals surface area contributed by atoms with Gasteiger partial charge in [0.25, 0.3) is 0 Å². The van der Waals surface area contributed by atoms with Crippen LogP contribution in [0.4, 0.5) is 8.78 Å². The minimum atomic E-state index is -0.921. The van der Waals surface area contributed by atoms with Gasteiger partial charge in [-0.15, -0.1) is 0 Å². The SMILES string of the molecule is CCC(=O)c1ccccc1OCC(O)CN1CCC(Oc2ccc(F)c(F)c2)CC1. The molecule has 0 aromatic heterocycles. The number of halogens is 2. The number of carbonyl (C=O) groups excluding carboxylic acids is 1. The summed E-state index contributed by atoms with van der Waals surface area (Å²) in [5.74, 6) is -1.00. The predicted molar refractivity (Wildman–Crippen MR) is 109 cm³/mol. The largest absolute Gasteiger partial charge is 0.490 e. The second kappa shape index (κ2) is 10.5. The van der Waals surface area contributed by atoms with Gasteiger partial charge in [0.15, 0.2) is 17.4 Å². The van der Waals surface area contributed by atoms with Crippen molar-refractivity contribution in [3.8, 4) is 11.5 Å². The average molecular weight is 419 g/mol. The summed E-state index contributed by atoms with van der Waals surface area (Å²) in [6.45, 7) is 3.78. The first-order valence-corrected chi connectivity index (χ1v) is 10.2. The van der Waals surface area contributed by atoms with Crippen molar-refractivity contribution in [1.29, 1.82) is 0 Å². The van der Waals surface area contributed by atoms with Crippen LogP contribution in [0.25, 0.3) is 0 Å². The number of aliphatic hydroxyl groups excluding tert-OH is 1. The fourth-order valence-electron chi connectivity index (χ4n) is 3.50. The Morgan fingerprint density at radius 3 is 2.60 bits per heavy atom. The zero-order chi connectivity index (χ0) is 21.5. The molecule has 0 radical (unpaired) electrons. The summed E-state index contributed by atoms with van der Waals surface area (Å²) in [6.07, 6.45) is 1.07. The molecule has 1 N–H and O–H groups in total. The smallest absolute Gasteiger partial charge is 0.166 e. The number of para-hydroxylation sites is 1. The Bertz CT molecular complexity index is 853. The first kappa shape index (κ1) is 22.2. The van der Waals surface area contributed by atoms with Gasteiger partial charge in [-0.1, -0.05) is 19.1 Å². The van der Waals surface area contributed by atoms with E-state index in [1.165, 1.54) is 6.07 Å². The lowest BCUT2D eigenvalue weighted by atomic mass is 10.1. The molecule has 0 saturated carbocycles. The summed E-state index contributed by atoms with van der Waals surface area (Å²) in [5, 5.41) is 10.3. The van der Waals surface area contributed by atoms with Crippen LogP contribution in [-0.2, 0) is 0 Å². The fourth-order valence-corrected chi connectivity index (χ4v) is 3.50. The van der Waals surface area contributed by atoms with Gasteiger partial charge >= 0.3 is 0 Å². The molecule has 2 aromatic carbocycles. The molecule has 1 saturated heterocycles. The highest BCUT2D eigenvalue weighted by Gasteiger charge is 2.23. The number of piperidine rings is 1. The van der Waals surface area contributed by atoms with E-state index in [-0.39, 0.29) is 18.5 Å². The number of hydrogen-bond donors (Lipinski definition) is 1. The molecule has 0 bridgehead atoms. The summed E-state index contributed by atoms with van der Waals surface area (Å²) in [5.41, 5.74) is 0.530. The number of benzene rings is 2. The first-order valence-electron chi connectivity index (χ1n) is 10.2. The van der Waals surface area contributed by atoms with E-state index in [2.05, 4.69) is 4.90 Å². The molecule has 1 aliphatic rings. The van der Waals surface area contributed by atoms with Crippen LogP contribution in [0.15, 0.2) is 42.5 Å². The van der Waals surface area contributed by atoms with Crippen molar-refractivity contribution in [2.24, 2.45) is 0 Å². The van der Waals surface area contributed by atoms with Crippen molar-refractivity contribution in [2.75, 3.05) is 26.2 Å². The number of aliphatic hydroxyl groups is 1. The molecular formula is C23H27F2NO4. The van der Waals surface area contributed by atoms with Crippen LogP contribution in [0.5, 0.6) is 11.5 Å². The van der Waals surface area contributed by atoms with Gasteiger partial charge in [-0.25, -0.2) is 8.78 Å². The van der Waals surface area contributed by atoms with Gasteiger partial charge in [-0.3, -0.25) is 4.79 Å². The molecular weight excluding hydrogens is 392 g/mol. The van der Waals surface area contributed by atoms with Crippen molar-refractivity contribution in [2.45, 2.75) is 38.4 Å². The van der Waals surface area contributed by atoms with E-state index in [4.69, 9.17) is 9.47 Å². The molecule has 7 heteroatoms. The fraction of sp³-hybridized carbons (Fsp3) is 0.435. The van der Waals surface area contributed by atoms with Gasteiger partial charge in [0.05, 0.1) is 5.56 Å². The minimum Gasteiger partial charge on any atom is -0.490 e. The molecule has 1 atom stereocenters. The molecule has 2 aromatic rings. The number of likely N-dealkylation sites (tertiary alicyclic amines) is 1. The molecule has 1 unspecified atom stereocenters. The number of ketones is 1. The maximum atomic E-state index is 13.3. The molecule has 30 heavy (non-hydrogen) atoms. The topological polar surface area (TPSA) is 59.0 Å². The normalized spacial score (nSPS) is 16.3. The Kier molecular flexibility index (Phi) is 7.76. The highest BCUT2D eigenvalue weighted by atomic mass is 19.2. The minimum absolute atomic E-state index is 0.00296. The van der Waals surface area contributed by atoms with Gasteiger partial charge in [0.2, 0.25) is 0 Å². The van der Waals surface area contributed by atoms with E-state index >= 15 is 0 Å². The molecule has 5 nitrogen and oxygen atoms in total. The third kappa shape index (κ3) is 6.00. The quantitative estimate of drug-likeness (QED) is 0.626. The summed E-state index contributed by atoms with van der Waals surface area (Å²) >= 11 is 0. The molecule has 3 rings (SSSR count). The summed E-state index contributed by atoms with van der Waals surface area (Å²) < 4.78 is 37.8. The Balaban J connectivity index is 1.43. The van der Waals surface area contributed by atoms with Crippen LogP contribution in [0.2, 0.25) is 0 Å². The van der Waals surface area contributed by atoms with E-state index in [1.807, 2.05) is 0 Å². The number of carbonyl (C=O) groups is 1. The van der Waals surface area contributed by atoms with Gasteiger partial charge in [-0.2, -0.15) is 0 Å². The molecule has 0 amide bonds. The lowest BCUT2D eigenvalue weighted by Crippen LogP contribution is -2.43. The predicted octanol–water partition coefficient (Wildman–Crippen LogP) is 3.84. The number of Topliss-reactive ketones (excluding diaryl/α,β-unsaturated/α-hetero) is 1. The highest BCUT2D eigenvalue weighted by Crippen LogP contribution is 2.22. The maximum Gasteiger partial charge on any atom is 0.166 e. The van der Waals surface area contributed by atoms with E-state index in [0.29, 0.717) is 30.0 Å². The summed E-state index contributed by atoms with van der Waals surface area (Å²) in [7, 11) is 0. The molecule has 0 aliphatic carbocycles. The van der Waals surface area contributed by atoms with Crippen LogP contribution >= 0.6 is 0 Å². The Morgan fingerprint density at radius 1 is 1.17 bits per heavy atom. The van der Waals surface area contributed by atoms with Gasteiger partial charge in [0, 0.05) is 32.1 Å². The lowest BCUT2D eigenvalue weighted by Gasteiger charge is -2.33. The summed E-state index contributed by atoms with van der Waals surface area (Å²) in [6, 6.07) is 10.6. The van der Waals surface area contributed by atoms with Crippen molar-refractivity contribution in [3.05, 3.63) is 59.7 Å². The van der Waals surface area contributed by atoms with Gasteiger partial charge < -0.3 is 19.5 Å². The van der Waals surface area contributed by atoms with Crippen LogP contribution < -0.4 is 9.47 Å². The van der Waals surface area contributed by atoms with Crippen LogP contribution in [0.1, 0.15) is 36.5 Å². The van der Waals surface area contributed by atoms with E-state index in [1.54, 1.807) is 31.2 Å². The third-order valence-corrected chi connectivity index (χ3v) is 5.14. The van der Waals surface area contributed by atoms with Gasteiger partial charge in [0.1, 0.15) is 30.3 Å². The number of β-amino-alcohol motifs (C(OH)–C–C–N with tert-alkyl or cyclic N) is 1. The Morgan fingerprint density at radius 2 is 1.90 bits per heavy atom. The first-order chi connectivity index (χ1) is 14.5. The number of nitrogens with zero attached hydrogens (tertiary/aromatic N) is 1. The summed E-state index contributed by atoms with van der Waals surface area (Å²) in [4.78, 5) is 14.1. The Hall–Kier alpha value is -2.51. The van der Waals surface area contributed by atoms with Crippen LogP contribution in [0.3, 0.4) is 0 Å². The van der Waals surface area contributed by atoms with E-state index < -0.39 is 17.7 Å². The zero-order valence-corrected chi connectivity index (χ0v) is 17.0. The van der Waals surface area contributed by atoms with Crippen molar-refractivity contribution >= 4 is 5.78 Å². The molecule has 1 aliphatic heterocycles. The standard InChI is InChI=1S/C23H27F2NO4/c1-2-22(28)19-5-3-4-6-23(19)29-15-16(27)14-26-11-9-17(10-12-26)30-18-7-8-20(24)21(25)13-18/h3-8,13,16-17,27H,2,9-12,14-15H2,1H3. The highest BCUT2D eigenvalue weighted by molar-refractivity contribution is 5.98.